The normalized spacial score (nSPS) is 12.9. The summed E-state index contributed by atoms with van der Waals surface area (Å²) in [6.45, 7) is 2.84. The maximum absolute atomic E-state index is 5.37. The van der Waals surface area contributed by atoms with Crippen LogP contribution in [0.1, 0.15) is 31.2 Å². The number of hydrogen-bond donors (Lipinski definition) is 0. The lowest BCUT2D eigenvalue weighted by atomic mass is 10.0. The molecule has 0 aliphatic heterocycles. The second kappa shape index (κ2) is 13.6. The van der Waals surface area contributed by atoms with Crippen molar-refractivity contribution < 1.29 is 0 Å². The van der Waals surface area contributed by atoms with Gasteiger partial charge in [-0.3, -0.25) is 9.13 Å². The van der Waals surface area contributed by atoms with E-state index in [2.05, 4.69) is 184 Å². The molecule has 0 unspecified atom stereocenters. The minimum Gasteiger partial charge on any atom is -0.320 e. The molecule has 0 bridgehead atoms. The van der Waals surface area contributed by atoms with E-state index in [1.807, 2.05) is 0 Å². The number of nitrogens with zero attached hydrogens (tertiary/aromatic N) is 6. The molecule has 3 aromatic heterocycles. The van der Waals surface area contributed by atoms with Gasteiger partial charge in [0.1, 0.15) is 17.5 Å². The number of benzene rings is 5. The van der Waals surface area contributed by atoms with E-state index in [0.717, 1.165) is 98.3 Å². The molecule has 8 aromatic rings. The van der Waals surface area contributed by atoms with Gasteiger partial charge in [0.15, 0.2) is 0 Å². The number of hydrogen-bond acceptors (Lipinski definition) is 3. The summed E-state index contributed by atoms with van der Waals surface area (Å²) in [5.41, 5.74) is 11.4. The van der Waals surface area contributed by atoms with E-state index in [0.29, 0.717) is 6.54 Å². The van der Waals surface area contributed by atoms with Crippen molar-refractivity contribution in [3.8, 4) is 45.5 Å². The molecule has 5 aromatic carbocycles. The van der Waals surface area contributed by atoms with E-state index in [9.17, 15) is 0 Å². The molecule has 52 heavy (non-hydrogen) atoms. The Labute approximate surface area is 303 Å². The second-order valence-electron chi connectivity index (χ2n) is 13.1. The fourth-order valence-corrected chi connectivity index (χ4v) is 7.29. The third kappa shape index (κ3) is 5.68. The van der Waals surface area contributed by atoms with Crippen LogP contribution < -0.4 is 0 Å². The van der Waals surface area contributed by atoms with Gasteiger partial charge in [0.2, 0.25) is 0 Å². The molecule has 6 heteroatoms. The van der Waals surface area contributed by atoms with Crippen molar-refractivity contribution in [3.63, 3.8) is 0 Å². The van der Waals surface area contributed by atoms with Crippen LogP contribution in [0, 0.1) is 0 Å². The molecule has 9 rings (SSSR count). The molecular weight excluding hydrogens is 637 g/mol. The quantitative estimate of drug-likeness (QED) is 0.143. The number of aryl methyl sites for hydroxylation is 1. The first-order valence-corrected chi connectivity index (χ1v) is 18.1. The molecule has 1 aliphatic carbocycles. The van der Waals surface area contributed by atoms with Gasteiger partial charge in [0, 0.05) is 34.6 Å². The average Bonchev–Trinajstić information content (AvgIpc) is 3.90. The number of imidazole rings is 3. The summed E-state index contributed by atoms with van der Waals surface area (Å²) >= 11 is 0. The minimum absolute atomic E-state index is 0.684. The lowest BCUT2D eigenvalue weighted by Crippen LogP contribution is -2.03. The highest BCUT2D eigenvalue weighted by Gasteiger charge is 2.24. The molecule has 0 atom stereocenters. The largest absolute Gasteiger partial charge is 0.320 e. The minimum atomic E-state index is 0.684. The summed E-state index contributed by atoms with van der Waals surface area (Å²) in [5, 5.41) is 0. The van der Waals surface area contributed by atoms with E-state index < -0.39 is 0 Å². The first-order chi connectivity index (χ1) is 25.8. The summed E-state index contributed by atoms with van der Waals surface area (Å²) in [7, 11) is 0. The Bertz CT molecular complexity index is 2630. The maximum Gasteiger partial charge on any atom is 0.145 e. The first kappa shape index (κ1) is 31.5. The van der Waals surface area contributed by atoms with Crippen LogP contribution in [0.5, 0.6) is 0 Å². The molecule has 0 saturated heterocycles. The molecule has 1 aliphatic rings. The Morgan fingerprint density at radius 1 is 0.577 bits per heavy atom. The summed E-state index contributed by atoms with van der Waals surface area (Å²) < 4.78 is 6.88. The average molecular weight is 675 g/mol. The number of aromatic nitrogens is 6. The molecule has 3 heterocycles. The van der Waals surface area contributed by atoms with Gasteiger partial charge >= 0.3 is 0 Å². The lowest BCUT2D eigenvalue weighted by Gasteiger charge is -2.15. The predicted molar refractivity (Wildman–Crippen MR) is 214 cm³/mol. The van der Waals surface area contributed by atoms with E-state index in [-0.39, 0.29) is 0 Å². The highest BCUT2D eigenvalue weighted by Crippen LogP contribution is 2.38. The topological polar surface area (TPSA) is 53.5 Å². The molecule has 0 fully saturated rings. The fraction of sp³-hybridized carbons (Fsp3) is 0.109. The SMILES string of the molecule is CC/C=C\C=C/Cn1c(-c2cc(-c3nc4c(n3-c3ccccc3)C=CCC4)cc(-c3nc4ccccc4n3-c3ccccc3)c2)nc2ccccc21. The van der Waals surface area contributed by atoms with Gasteiger partial charge in [0.05, 0.1) is 33.5 Å². The Balaban J connectivity index is 1.33. The van der Waals surface area contributed by atoms with E-state index in [4.69, 9.17) is 15.0 Å². The standard InChI is InChI=1S/C46H38N6/c1-2-3-4-5-18-29-50-41-26-15-12-23-38(41)47-44(50)33-30-34(45-48-39-24-13-16-27-42(39)51(45)36-19-8-6-9-20-36)32-35(31-33)46-49-40-25-14-17-28-43(40)52(46)37-21-10-7-11-22-37/h3-13,15-24,26-28,30-32H,2,14,25,29H2,1H3/b4-3-,18-5-. The van der Waals surface area contributed by atoms with Gasteiger partial charge in [-0.25, -0.2) is 15.0 Å². The van der Waals surface area contributed by atoms with Crippen molar-refractivity contribution in [2.24, 2.45) is 0 Å². The molecule has 252 valence electrons. The van der Waals surface area contributed by atoms with Gasteiger partial charge in [-0.2, -0.15) is 0 Å². The third-order valence-corrected chi connectivity index (χ3v) is 9.67. The zero-order chi connectivity index (χ0) is 34.9. The van der Waals surface area contributed by atoms with Crippen LogP contribution in [0.2, 0.25) is 0 Å². The van der Waals surface area contributed by atoms with E-state index in [1.54, 1.807) is 0 Å². The molecule has 0 saturated carbocycles. The molecule has 0 amide bonds. The monoisotopic (exact) mass is 674 g/mol. The van der Waals surface area contributed by atoms with Gasteiger partial charge in [-0.05, 0) is 92.1 Å². The number of para-hydroxylation sites is 6. The second-order valence-corrected chi connectivity index (χ2v) is 13.1. The molecule has 0 N–H and O–H groups in total. The zero-order valence-electron chi connectivity index (χ0n) is 29.1. The Morgan fingerprint density at radius 2 is 1.13 bits per heavy atom. The Hall–Kier alpha value is -6.53. The van der Waals surface area contributed by atoms with Crippen molar-refractivity contribution in [2.45, 2.75) is 32.7 Å². The summed E-state index contributed by atoms with van der Waals surface area (Å²) in [6.07, 6.45) is 16.0. The van der Waals surface area contributed by atoms with Crippen molar-refractivity contribution in [1.29, 1.82) is 0 Å². The summed E-state index contributed by atoms with van der Waals surface area (Å²) in [6, 6.07) is 44.6. The Kier molecular flexibility index (Phi) is 8.25. The van der Waals surface area contributed by atoms with Crippen LogP contribution in [-0.2, 0) is 13.0 Å². The van der Waals surface area contributed by atoms with E-state index in [1.165, 1.54) is 0 Å². The predicted octanol–water partition coefficient (Wildman–Crippen LogP) is 11.0. The number of rotatable bonds is 9. The van der Waals surface area contributed by atoms with Gasteiger partial charge in [0.25, 0.3) is 0 Å². The van der Waals surface area contributed by atoms with Crippen LogP contribution in [0.15, 0.2) is 158 Å². The van der Waals surface area contributed by atoms with Gasteiger partial charge < -0.3 is 4.57 Å². The first-order valence-electron chi connectivity index (χ1n) is 18.1. The van der Waals surface area contributed by atoms with Crippen LogP contribution in [0.3, 0.4) is 0 Å². The van der Waals surface area contributed by atoms with E-state index >= 15 is 0 Å². The maximum atomic E-state index is 5.37. The van der Waals surface area contributed by atoms with Crippen LogP contribution in [0.4, 0.5) is 0 Å². The third-order valence-electron chi connectivity index (χ3n) is 9.67. The zero-order valence-corrected chi connectivity index (χ0v) is 29.1. The molecular formula is C46H38N6. The summed E-state index contributed by atoms with van der Waals surface area (Å²) in [4.78, 5) is 16.0. The fourth-order valence-electron chi connectivity index (χ4n) is 7.29. The number of fused-ring (bicyclic) bond motifs is 3. The smallest absolute Gasteiger partial charge is 0.145 e. The Morgan fingerprint density at radius 3 is 1.85 bits per heavy atom. The van der Waals surface area contributed by atoms with Gasteiger partial charge in [-0.15, -0.1) is 0 Å². The molecule has 6 nitrogen and oxygen atoms in total. The van der Waals surface area contributed by atoms with Crippen LogP contribution >= 0.6 is 0 Å². The molecule has 0 radical (unpaired) electrons. The van der Waals surface area contributed by atoms with Crippen LogP contribution in [0.25, 0.3) is 73.7 Å². The highest BCUT2D eigenvalue weighted by molar-refractivity contribution is 5.87. The van der Waals surface area contributed by atoms with Crippen molar-refractivity contribution in [1.82, 2.24) is 28.7 Å². The van der Waals surface area contributed by atoms with Crippen LogP contribution in [-0.4, -0.2) is 28.7 Å². The summed E-state index contributed by atoms with van der Waals surface area (Å²) in [5.74, 6) is 2.67. The lowest BCUT2D eigenvalue weighted by molar-refractivity contribution is 0.860. The highest BCUT2D eigenvalue weighted by atomic mass is 15.1. The van der Waals surface area contributed by atoms with Gasteiger partial charge in [-0.1, -0.05) is 98.0 Å². The van der Waals surface area contributed by atoms with Crippen molar-refractivity contribution >= 4 is 28.1 Å². The van der Waals surface area contributed by atoms with Crippen molar-refractivity contribution in [3.05, 3.63) is 169 Å². The number of allylic oxidation sites excluding steroid dienone is 5. The van der Waals surface area contributed by atoms with Crippen molar-refractivity contribution in [2.75, 3.05) is 0 Å². The molecule has 0 spiro atoms.